The third-order valence-corrected chi connectivity index (χ3v) is 1.89. The van der Waals surface area contributed by atoms with E-state index < -0.39 is 29.8 Å². The largest absolute Gasteiger partial charge is 0.481 e. The molecule has 1 saturated heterocycles. The van der Waals surface area contributed by atoms with Crippen molar-refractivity contribution in [2.24, 2.45) is 5.73 Å². The highest BCUT2D eigenvalue weighted by atomic mass is 16.4. The van der Waals surface area contributed by atoms with E-state index in [1.54, 1.807) is 0 Å². The van der Waals surface area contributed by atoms with Crippen LogP contribution in [0.25, 0.3) is 0 Å². The Morgan fingerprint density at radius 1 is 1.17 bits per heavy atom. The van der Waals surface area contributed by atoms with Crippen molar-refractivity contribution < 1.29 is 29.4 Å². The van der Waals surface area contributed by atoms with E-state index in [1.165, 1.54) is 0 Å². The van der Waals surface area contributed by atoms with Crippen molar-refractivity contribution in [1.29, 1.82) is 0 Å². The zero-order valence-electron chi connectivity index (χ0n) is 9.51. The van der Waals surface area contributed by atoms with Crippen LogP contribution in [0.4, 0.5) is 0 Å². The van der Waals surface area contributed by atoms with Crippen LogP contribution in [-0.2, 0) is 19.2 Å². The number of carboxylic acids is 2. The summed E-state index contributed by atoms with van der Waals surface area (Å²) in [5, 5.41) is 21.0. The number of piperazine rings is 1. The molecule has 0 saturated carbocycles. The van der Waals surface area contributed by atoms with Crippen LogP contribution in [0.5, 0.6) is 0 Å². The zero-order valence-corrected chi connectivity index (χ0v) is 9.51. The average Bonchev–Trinajstić information content (AvgIpc) is 2.30. The quantitative estimate of drug-likeness (QED) is 0.349. The highest BCUT2D eigenvalue weighted by Crippen LogP contribution is 1.93. The third kappa shape index (κ3) is 7.17. The molecular weight excluding hydrogens is 246 g/mol. The molecule has 9 nitrogen and oxygen atoms in total. The lowest BCUT2D eigenvalue weighted by Gasteiger charge is -2.10. The van der Waals surface area contributed by atoms with Gasteiger partial charge in [0.15, 0.2) is 0 Å². The first-order valence-corrected chi connectivity index (χ1v) is 5.10. The maximum absolute atomic E-state index is 10.3. The Morgan fingerprint density at radius 2 is 1.61 bits per heavy atom. The molecule has 0 bridgehead atoms. The molecule has 102 valence electrons. The van der Waals surface area contributed by atoms with Gasteiger partial charge in [0, 0.05) is 19.5 Å². The number of aliphatic carboxylic acids is 2. The van der Waals surface area contributed by atoms with Gasteiger partial charge >= 0.3 is 23.8 Å². The van der Waals surface area contributed by atoms with Gasteiger partial charge in [-0.1, -0.05) is 0 Å². The maximum Gasteiger partial charge on any atom is 0.320 e. The van der Waals surface area contributed by atoms with Crippen LogP contribution in [0.15, 0.2) is 0 Å². The summed E-state index contributed by atoms with van der Waals surface area (Å²) >= 11 is 0. The molecule has 0 spiro atoms. The molecule has 1 heterocycles. The summed E-state index contributed by atoms with van der Waals surface area (Å²) in [7, 11) is 0. The van der Waals surface area contributed by atoms with Crippen LogP contribution in [0.1, 0.15) is 12.8 Å². The summed E-state index contributed by atoms with van der Waals surface area (Å²) < 4.78 is 0. The number of carbonyl (C=O) groups is 4. The van der Waals surface area contributed by atoms with E-state index in [9.17, 15) is 19.2 Å². The maximum atomic E-state index is 10.3. The van der Waals surface area contributed by atoms with E-state index in [4.69, 9.17) is 15.9 Å². The minimum Gasteiger partial charge on any atom is -0.481 e. The highest BCUT2D eigenvalue weighted by molar-refractivity contribution is 6.35. The highest BCUT2D eigenvalue weighted by Gasteiger charge is 2.15. The van der Waals surface area contributed by atoms with Gasteiger partial charge in [0.25, 0.3) is 0 Å². The summed E-state index contributed by atoms with van der Waals surface area (Å²) in [5.74, 6) is -3.26. The lowest BCUT2D eigenvalue weighted by atomic mass is 10.2. The van der Waals surface area contributed by atoms with Crippen LogP contribution >= 0.6 is 0 Å². The Hall–Kier alpha value is -2.16. The average molecular weight is 261 g/mol. The first-order chi connectivity index (χ1) is 8.34. The summed E-state index contributed by atoms with van der Waals surface area (Å²) in [6.45, 7) is 1.09. The molecule has 1 unspecified atom stereocenters. The standard InChI is InChI=1S/C5H9NO4.C4H6N2O2/c6-3(5(9)10)1-2-4(7)8;7-3-4(8)6-2-1-5-3/h3H,1-2,6H2,(H,7,8)(H,9,10);1-2H2,(H,5,7)(H,6,8). The normalized spacial score (nSPS) is 15.6. The van der Waals surface area contributed by atoms with Crippen molar-refractivity contribution in [1.82, 2.24) is 10.6 Å². The first-order valence-electron chi connectivity index (χ1n) is 5.10. The third-order valence-electron chi connectivity index (χ3n) is 1.89. The molecule has 0 aromatic carbocycles. The van der Waals surface area contributed by atoms with Crippen molar-refractivity contribution >= 4 is 23.8 Å². The van der Waals surface area contributed by atoms with Crippen molar-refractivity contribution in [3.8, 4) is 0 Å². The lowest BCUT2D eigenvalue weighted by Crippen LogP contribution is -2.49. The number of rotatable bonds is 4. The molecule has 1 aliphatic rings. The van der Waals surface area contributed by atoms with E-state index in [0.29, 0.717) is 13.1 Å². The predicted octanol–water partition coefficient (Wildman–Crippen LogP) is -2.50. The van der Waals surface area contributed by atoms with Crippen LogP contribution in [0.2, 0.25) is 0 Å². The van der Waals surface area contributed by atoms with E-state index in [1.807, 2.05) is 0 Å². The monoisotopic (exact) mass is 261 g/mol. The molecule has 0 radical (unpaired) electrons. The summed E-state index contributed by atoms with van der Waals surface area (Å²) in [6, 6.07) is -1.06. The molecule has 18 heavy (non-hydrogen) atoms. The Morgan fingerprint density at radius 3 is 1.89 bits per heavy atom. The summed E-state index contributed by atoms with van der Waals surface area (Å²) in [5.41, 5.74) is 5.00. The van der Waals surface area contributed by atoms with Gasteiger partial charge in [-0.2, -0.15) is 0 Å². The number of carbonyl (C=O) groups excluding carboxylic acids is 2. The molecule has 6 N–H and O–H groups in total. The molecular formula is C9H15N3O6. The van der Waals surface area contributed by atoms with Gasteiger partial charge in [-0.3, -0.25) is 19.2 Å². The van der Waals surface area contributed by atoms with E-state index in [2.05, 4.69) is 10.6 Å². The Bertz CT molecular complexity index is 327. The van der Waals surface area contributed by atoms with Crippen LogP contribution < -0.4 is 16.4 Å². The first kappa shape index (κ1) is 15.8. The summed E-state index contributed by atoms with van der Waals surface area (Å²) in [4.78, 5) is 40.4. The minimum atomic E-state index is -1.17. The van der Waals surface area contributed by atoms with Crippen LogP contribution in [0.3, 0.4) is 0 Å². The number of carboxylic acid groups (broad SMARTS) is 2. The van der Waals surface area contributed by atoms with Gasteiger partial charge in [-0.15, -0.1) is 0 Å². The molecule has 1 rings (SSSR count). The fraction of sp³-hybridized carbons (Fsp3) is 0.556. The van der Waals surface area contributed by atoms with E-state index in [-0.39, 0.29) is 12.8 Å². The van der Waals surface area contributed by atoms with Gasteiger partial charge in [-0.05, 0) is 6.42 Å². The molecule has 0 aromatic rings. The van der Waals surface area contributed by atoms with Gasteiger partial charge in [-0.25, -0.2) is 0 Å². The lowest BCUT2D eigenvalue weighted by molar-refractivity contribution is -0.140. The molecule has 0 aliphatic carbocycles. The fourth-order valence-corrected chi connectivity index (χ4v) is 0.915. The topological polar surface area (TPSA) is 159 Å². The second-order valence-electron chi connectivity index (χ2n) is 3.39. The van der Waals surface area contributed by atoms with Crippen molar-refractivity contribution in [3.05, 3.63) is 0 Å². The Balaban J connectivity index is 0.000000327. The van der Waals surface area contributed by atoms with Gasteiger partial charge in [0.2, 0.25) is 0 Å². The molecule has 1 aliphatic heterocycles. The SMILES string of the molecule is NC(CCC(=O)O)C(=O)O.O=C1NCCNC1=O. The van der Waals surface area contributed by atoms with E-state index >= 15 is 0 Å². The fourth-order valence-electron chi connectivity index (χ4n) is 0.915. The number of nitrogens with two attached hydrogens (primary N) is 1. The zero-order chi connectivity index (χ0) is 14.1. The second kappa shape index (κ2) is 8.01. The van der Waals surface area contributed by atoms with Crippen LogP contribution in [0, 0.1) is 0 Å². The Kier molecular flexibility index (Phi) is 7.05. The second-order valence-corrected chi connectivity index (χ2v) is 3.39. The van der Waals surface area contributed by atoms with Crippen molar-refractivity contribution in [2.75, 3.05) is 13.1 Å². The van der Waals surface area contributed by atoms with E-state index in [0.717, 1.165) is 0 Å². The van der Waals surface area contributed by atoms with Crippen molar-refractivity contribution in [3.63, 3.8) is 0 Å². The predicted molar refractivity (Wildman–Crippen MR) is 58.5 cm³/mol. The number of hydrogen-bond acceptors (Lipinski definition) is 5. The molecule has 2 amide bonds. The molecule has 0 aromatic heterocycles. The minimum absolute atomic E-state index is 0.0231. The summed E-state index contributed by atoms with van der Waals surface area (Å²) in [6.07, 6.45) is -0.224. The Labute approximate surface area is 102 Å². The number of hydrogen-bond donors (Lipinski definition) is 5. The van der Waals surface area contributed by atoms with Crippen molar-refractivity contribution in [2.45, 2.75) is 18.9 Å². The van der Waals surface area contributed by atoms with Gasteiger partial charge in [0.1, 0.15) is 6.04 Å². The van der Waals surface area contributed by atoms with Gasteiger partial charge < -0.3 is 26.6 Å². The number of nitrogens with one attached hydrogen (secondary N) is 2. The molecule has 9 heteroatoms. The smallest absolute Gasteiger partial charge is 0.320 e. The number of amides is 2. The molecule has 1 atom stereocenters. The molecule has 1 fully saturated rings. The van der Waals surface area contributed by atoms with Gasteiger partial charge in [0.05, 0.1) is 0 Å². The van der Waals surface area contributed by atoms with Crippen LogP contribution in [-0.4, -0.2) is 53.1 Å².